The molecule has 84 heavy (non-hydrogen) atoms. The first kappa shape index (κ1) is 77.5. The number of aliphatic hydroxyl groups excluding tert-OH is 8. The Balaban J connectivity index is 1.73. The van der Waals surface area contributed by atoms with Crippen molar-refractivity contribution in [1.29, 1.82) is 0 Å². The maximum atomic E-state index is 13.3. The van der Waals surface area contributed by atoms with Gasteiger partial charge in [0.15, 0.2) is 12.6 Å². The number of hydrogen-bond donors (Lipinski definition) is 9. The first-order valence-electron chi connectivity index (χ1n) is 34.2. The van der Waals surface area contributed by atoms with Gasteiger partial charge in [-0.3, -0.25) is 4.79 Å². The highest BCUT2D eigenvalue weighted by Gasteiger charge is 2.51. The molecule has 14 nitrogen and oxygen atoms in total. The van der Waals surface area contributed by atoms with Crippen molar-refractivity contribution < 1.29 is 64.6 Å². The van der Waals surface area contributed by atoms with Gasteiger partial charge in [-0.25, -0.2) is 0 Å². The molecule has 0 aromatic carbocycles. The standard InChI is InChI=1S/C70H125NO13/c1-3-5-7-9-11-13-15-17-19-21-23-25-26-27-28-29-30-31-32-34-35-37-39-41-43-45-47-49-51-53-59(74)58(57-81-69-67(80)65(78)68(61(56-73)83-69)84-70-66(79)64(77)63(76)60(55-72)82-70)71-62(75)54-52-50-48-46-44-42-40-38-36-33-24-22-20-18-16-14-12-10-8-6-4-2/h16,18,22,24,35-38,43,45,51,53,58-61,63-70,72-74,76-80H,3-15,17,19-21,23,25-34,39-42,44,46-50,52,54-57H2,1-2H3,(H,71,75)/b18-16-,24-22-,37-35+,38-36-,45-43+,53-51+. The topological polar surface area (TPSA) is 228 Å². The molecule has 0 spiro atoms. The molecule has 0 aromatic rings. The third-order valence-electron chi connectivity index (χ3n) is 16.3. The number of unbranched alkanes of at least 4 members (excludes halogenated alkanes) is 32. The lowest BCUT2D eigenvalue weighted by Crippen LogP contribution is -2.65. The van der Waals surface area contributed by atoms with Gasteiger partial charge >= 0.3 is 0 Å². The second kappa shape index (κ2) is 54.6. The minimum Gasteiger partial charge on any atom is -0.394 e. The van der Waals surface area contributed by atoms with E-state index in [0.717, 1.165) is 77.0 Å². The van der Waals surface area contributed by atoms with Gasteiger partial charge in [-0.1, -0.05) is 254 Å². The van der Waals surface area contributed by atoms with E-state index in [-0.39, 0.29) is 18.9 Å². The number of hydrogen-bond acceptors (Lipinski definition) is 13. The molecule has 0 radical (unpaired) electrons. The van der Waals surface area contributed by atoms with Crippen LogP contribution in [0.25, 0.3) is 0 Å². The normalized spacial score (nSPS) is 24.1. The van der Waals surface area contributed by atoms with Gasteiger partial charge in [-0.15, -0.1) is 0 Å². The summed E-state index contributed by atoms with van der Waals surface area (Å²) in [5.41, 5.74) is 0. The van der Waals surface area contributed by atoms with Crippen LogP contribution in [0.4, 0.5) is 0 Å². The fourth-order valence-electron chi connectivity index (χ4n) is 10.9. The van der Waals surface area contributed by atoms with E-state index in [1.54, 1.807) is 6.08 Å². The van der Waals surface area contributed by atoms with E-state index in [4.69, 9.17) is 18.9 Å². The number of carbonyl (C=O) groups excluding carboxylic acids is 1. The van der Waals surface area contributed by atoms with Crippen LogP contribution in [0.2, 0.25) is 0 Å². The number of ether oxygens (including phenoxy) is 4. The highest BCUT2D eigenvalue weighted by Crippen LogP contribution is 2.30. The van der Waals surface area contributed by atoms with E-state index in [1.165, 1.54) is 161 Å². The Kier molecular flexibility index (Phi) is 50.4. The zero-order valence-electron chi connectivity index (χ0n) is 52.9. The summed E-state index contributed by atoms with van der Waals surface area (Å²) in [5.74, 6) is -0.266. The smallest absolute Gasteiger partial charge is 0.220 e. The van der Waals surface area contributed by atoms with Crippen molar-refractivity contribution in [2.75, 3.05) is 19.8 Å². The molecule has 12 unspecified atom stereocenters. The van der Waals surface area contributed by atoms with Gasteiger partial charge in [0.05, 0.1) is 32.0 Å². The van der Waals surface area contributed by atoms with Crippen molar-refractivity contribution >= 4 is 5.91 Å². The van der Waals surface area contributed by atoms with Crippen LogP contribution in [0.15, 0.2) is 72.9 Å². The molecule has 0 bridgehead atoms. The first-order chi connectivity index (χ1) is 41.1. The van der Waals surface area contributed by atoms with E-state index in [2.05, 4.69) is 79.9 Å². The molecule has 2 saturated heterocycles. The summed E-state index contributed by atoms with van der Waals surface area (Å²) in [4.78, 5) is 13.3. The van der Waals surface area contributed by atoms with E-state index in [1.807, 2.05) is 6.08 Å². The van der Waals surface area contributed by atoms with Gasteiger partial charge in [0.2, 0.25) is 5.91 Å². The fourth-order valence-corrected chi connectivity index (χ4v) is 10.9. The number of nitrogens with one attached hydrogen (secondary N) is 1. The Bertz CT molecular complexity index is 1690. The summed E-state index contributed by atoms with van der Waals surface area (Å²) in [6.07, 6.45) is 56.7. The van der Waals surface area contributed by atoms with Crippen LogP contribution >= 0.6 is 0 Å². The predicted octanol–water partition coefficient (Wildman–Crippen LogP) is 13.5. The largest absolute Gasteiger partial charge is 0.394 e. The zero-order valence-corrected chi connectivity index (χ0v) is 52.9. The Morgan fingerprint density at radius 3 is 1.25 bits per heavy atom. The van der Waals surface area contributed by atoms with Crippen LogP contribution in [-0.4, -0.2) is 140 Å². The van der Waals surface area contributed by atoms with Gasteiger partial charge in [0.1, 0.15) is 48.8 Å². The molecular formula is C70H125NO13. The molecule has 488 valence electrons. The molecule has 2 aliphatic rings. The number of carbonyl (C=O) groups is 1. The summed E-state index contributed by atoms with van der Waals surface area (Å²) in [7, 11) is 0. The minimum absolute atomic E-state index is 0.252. The second-order valence-electron chi connectivity index (χ2n) is 23.9. The molecule has 2 rings (SSSR count). The van der Waals surface area contributed by atoms with Gasteiger partial charge < -0.3 is 65.1 Å². The summed E-state index contributed by atoms with van der Waals surface area (Å²) < 4.78 is 22.8. The Morgan fingerprint density at radius 1 is 0.429 bits per heavy atom. The van der Waals surface area contributed by atoms with Crippen molar-refractivity contribution in [2.45, 2.75) is 344 Å². The van der Waals surface area contributed by atoms with Gasteiger partial charge in [-0.2, -0.15) is 0 Å². The lowest BCUT2D eigenvalue weighted by atomic mass is 9.97. The van der Waals surface area contributed by atoms with Crippen molar-refractivity contribution in [1.82, 2.24) is 5.32 Å². The van der Waals surface area contributed by atoms with E-state index in [0.29, 0.717) is 12.8 Å². The minimum atomic E-state index is -1.80. The third kappa shape index (κ3) is 38.7. The van der Waals surface area contributed by atoms with E-state index < -0.39 is 86.8 Å². The molecule has 0 saturated carbocycles. The van der Waals surface area contributed by atoms with Crippen LogP contribution in [0.3, 0.4) is 0 Å². The number of allylic oxidation sites excluding steroid dienone is 11. The summed E-state index contributed by atoms with van der Waals surface area (Å²) in [5, 5.41) is 87.3. The summed E-state index contributed by atoms with van der Waals surface area (Å²) >= 11 is 0. The Morgan fingerprint density at radius 2 is 0.798 bits per heavy atom. The van der Waals surface area contributed by atoms with E-state index >= 15 is 0 Å². The second-order valence-corrected chi connectivity index (χ2v) is 23.9. The maximum absolute atomic E-state index is 13.3. The molecule has 0 aromatic heterocycles. The molecule has 12 atom stereocenters. The van der Waals surface area contributed by atoms with Crippen molar-refractivity contribution in [3.63, 3.8) is 0 Å². The van der Waals surface area contributed by atoms with Crippen LogP contribution in [0, 0.1) is 0 Å². The average molecular weight is 1190 g/mol. The van der Waals surface area contributed by atoms with Crippen LogP contribution in [-0.2, 0) is 23.7 Å². The van der Waals surface area contributed by atoms with Crippen molar-refractivity contribution in [3.8, 4) is 0 Å². The van der Waals surface area contributed by atoms with Gasteiger partial charge in [0.25, 0.3) is 0 Å². The lowest BCUT2D eigenvalue weighted by molar-refractivity contribution is -0.359. The number of rotatable bonds is 55. The average Bonchev–Trinajstić information content (AvgIpc) is 3.18. The number of amides is 1. The SMILES string of the molecule is CCCCCCC/C=C\C/C=C\C/C=C\CCCCCCCCC(=O)NC(COC1OC(CO)C(OC2OC(CO)C(O)C(O)C2O)C(O)C1O)C(O)/C=C/CC/C=C/CC/C=C/CCCCCCCCCCCCCCCCCCCCC. The predicted molar refractivity (Wildman–Crippen MR) is 341 cm³/mol. The molecule has 2 heterocycles. The highest BCUT2D eigenvalue weighted by molar-refractivity contribution is 5.76. The maximum Gasteiger partial charge on any atom is 0.220 e. The van der Waals surface area contributed by atoms with Gasteiger partial charge in [0, 0.05) is 6.42 Å². The zero-order chi connectivity index (χ0) is 60.9. The summed E-state index contributed by atoms with van der Waals surface area (Å²) in [6.45, 7) is 2.77. The third-order valence-corrected chi connectivity index (χ3v) is 16.3. The Hall–Kier alpha value is -2.57. The van der Waals surface area contributed by atoms with Crippen LogP contribution in [0.1, 0.15) is 271 Å². The molecule has 1 amide bonds. The highest BCUT2D eigenvalue weighted by atomic mass is 16.7. The van der Waals surface area contributed by atoms with Crippen molar-refractivity contribution in [2.24, 2.45) is 0 Å². The molecule has 2 fully saturated rings. The van der Waals surface area contributed by atoms with Crippen molar-refractivity contribution in [3.05, 3.63) is 72.9 Å². The van der Waals surface area contributed by atoms with Crippen LogP contribution < -0.4 is 5.32 Å². The Labute approximate surface area is 510 Å². The summed E-state index contributed by atoms with van der Waals surface area (Å²) in [6, 6.07) is -0.950. The van der Waals surface area contributed by atoms with Crippen LogP contribution in [0.5, 0.6) is 0 Å². The molecule has 9 N–H and O–H groups in total. The monoisotopic (exact) mass is 1190 g/mol. The fraction of sp³-hybridized carbons (Fsp3) is 0.814. The number of aliphatic hydroxyl groups is 8. The quantitative estimate of drug-likeness (QED) is 0.0204. The molecule has 2 aliphatic heterocycles. The first-order valence-corrected chi connectivity index (χ1v) is 34.2. The molecule has 14 heteroatoms. The molecule has 0 aliphatic carbocycles. The lowest BCUT2D eigenvalue weighted by Gasteiger charge is -2.46. The van der Waals surface area contributed by atoms with E-state index in [9.17, 15) is 45.6 Å². The molecular weight excluding hydrogens is 1060 g/mol. The van der Waals surface area contributed by atoms with Gasteiger partial charge in [-0.05, 0) is 83.5 Å².